The van der Waals surface area contributed by atoms with Crippen LogP contribution < -0.4 is 5.32 Å². The molecule has 0 spiro atoms. The average Bonchev–Trinajstić information content (AvgIpc) is 2.85. The van der Waals surface area contributed by atoms with Gasteiger partial charge in [0.25, 0.3) is 0 Å². The summed E-state index contributed by atoms with van der Waals surface area (Å²) in [6.45, 7) is 2.08. The number of nitrogens with zero attached hydrogens (tertiary/aromatic N) is 3. The smallest absolute Gasteiger partial charge is 0.157 e. The highest BCUT2D eigenvalue weighted by Gasteiger charge is 2.28. The SMILES string of the molecule is Fc1cnc2c(c1)CCc1c(Br)c(C3CCNCC3)nn1-2. The van der Waals surface area contributed by atoms with E-state index >= 15 is 0 Å². The number of aromatic nitrogens is 3. The third-order valence-electron chi connectivity index (χ3n) is 4.41. The fourth-order valence-corrected chi connectivity index (χ4v) is 4.07. The second-order valence-corrected chi connectivity index (χ2v) is 6.51. The molecule has 0 unspecified atom stereocenters. The van der Waals surface area contributed by atoms with Crippen molar-refractivity contribution in [1.29, 1.82) is 0 Å². The third-order valence-corrected chi connectivity index (χ3v) is 5.27. The summed E-state index contributed by atoms with van der Waals surface area (Å²) < 4.78 is 16.4. The summed E-state index contributed by atoms with van der Waals surface area (Å²) in [6, 6.07) is 1.57. The van der Waals surface area contributed by atoms with Gasteiger partial charge in [-0.15, -0.1) is 0 Å². The van der Waals surface area contributed by atoms with Crippen LogP contribution in [0.1, 0.15) is 35.7 Å². The van der Waals surface area contributed by atoms with Gasteiger partial charge in [-0.25, -0.2) is 14.1 Å². The number of halogens is 2. The van der Waals surface area contributed by atoms with Gasteiger partial charge in [-0.2, -0.15) is 5.10 Å². The molecule has 2 aromatic heterocycles. The zero-order valence-corrected chi connectivity index (χ0v) is 13.2. The number of hydrogen-bond donors (Lipinski definition) is 1. The molecule has 0 saturated carbocycles. The van der Waals surface area contributed by atoms with Crippen LogP contribution >= 0.6 is 15.9 Å². The minimum atomic E-state index is -0.276. The van der Waals surface area contributed by atoms with Crippen LogP contribution in [0, 0.1) is 5.82 Å². The minimum absolute atomic E-state index is 0.276. The van der Waals surface area contributed by atoms with Crippen LogP contribution in [0.4, 0.5) is 4.39 Å². The molecule has 1 saturated heterocycles. The first-order valence-corrected chi connectivity index (χ1v) is 8.16. The van der Waals surface area contributed by atoms with Crippen molar-refractivity contribution in [3.05, 3.63) is 39.5 Å². The van der Waals surface area contributed by atoms with Crippen molar-refractivity contribution in [1.82, 2.24) is 20.1 Å². The third kappa shape index (κ3) is 2.21. The Labute approximate surface area is 130 Å². The van der Waals surface area contributed by atoms with Gasteiger partial charge in [-0.05, 0) is 60.8 Å². The topological polar surface area (TPSA) is 42.7 Å². The average molecular weight is 351 g/mol. The van der Waals surface area contributed by atoms with Crippen molar-refractivity contribution in [3.8, 4) is 5.82 Å². The number of aryl methyl sites for hydroxylation is 1. The van der Waals surface area contributed by atoms with Gasteiger partial charge in [0.1, 0.15) is 5.82 Å². The van der Waals surface area contributed by atoms with Gasteiger partial charge in [0, 0.05) is 11.5 Å². The first-order valence-electron chi connectivity index (χ1n) is 7.37. The quantitative estimate of drug-likeness (QED) is 0.859. The van der Waals surface area contributed by atoms with Crippen LogP contribution in [0.2, 0.25) is 0 Å². The highest BCUT2D eigenvalue weighted by atomic mass is 79.9. The van der Waals surface area contributed by atoms with Crippen molar-refractivity contribution in [2.75, 3.05) is 13.1 Å². The summed E-state index contributed by atoms with van der Waals surface area (Å²) in [5.74, 6) is 0.989. The molecule has 2 aromatic rings. The van der Waals surface area contributed by atoms with E-state index in [0.29, 0.717) is 5.92 Å². The normalized spacial score (nSPS) is 18.4. The van der Waals surface area contributed by atoms with E-state index in [2.05, 4.69) is 26.2 Å². The van der Waals surface area contributed by atoms with E-state index in [-0.39, 0.29) is 5.82 Å². The predicted octanol–water partition coefficient (Wildman–Crippen LogP) is 2.73. The second kappa shape index (κ2) is 5.18. The predicted molar refractivity (Wildman–Crippen MR) is 81.3 cm³/mol. The van der Waals surface area contributed by atoms with Gasteiger partial charge in [0.05, 0.1) is 22.1 Å². The van der Waals surface area contributed by atoms with Gasteiger partial charge in [0.15, 0.2) is 5.82 Å². The fourth-order valence-electron chi connectivity index (χ4n) is 3.30. The van der Waals surface area contributed by atoms with E-state index in [4.69, 9.17) is 5.10 Å². The molecule has 0 aromatic carbocycles. The molecule has 0 bridgehead atoms. The Morgan fingerprint density at radius 2 is 2.10 bits per heavy atom. The molecule has 4 rings (SSSR count). The number of fused-ring (bicyclic) bond motifs is 3. The minimum Gasteiger partial charge on any atom is -0.317 e. The summed E-state index contributed by atoms with van der Waals surface area (Å²) in [6.07, 6.45) is 5.18. The zero-order valence-electron chi connectivity index (χ0n) is 11.6. The van der Waals surface area contributed by atoms with Crippen LogP contribution in [-0.4, -0.2) is 27.9 Å². The molecule has 21 heavy (non-hydrogen) atoms. The lowest BCUT2D eigenvalue weighted by Gasteiger charge is -2.21. The molecule has 2 aliphatic heterocycles. The molecule has 0 atom stereocenters. The molecule has 0 radical (unpaired) electrons. The largest absolute Gasteiger partial charge is 0.317 e. The first kappa shape index (κ1) is 13.4. The molecule has 0 amide bonds. The molecular weight excluding hydrogens is 335 g/mol. The number of piperidine rings is 1. The Morgan fingerprint density at radius 3 is 2.90 bits per heavy atom. The van der Waals surface area contributed by atoms with E-state index < -0.39 is 0 Å². The van der Waals surface area contributed by atoms with E-state index in [0.717, 1.165) is 66.0 Å². The molecule has 6 heteroatoms. The van der Waals surface area contributed by atoms with Crippen molar-refractivity contribution in [2.24, 2.45) is 0 Å². The highest BCUT2D eigenvalue weighted by molar-refractivity contribution is 9.10. The summed E-state index contributed by atoms with van der Waals surface area (Å²) in [5, 5.41) is 8.19. The van der Waals surface area contributed by atoms with Gasteiger partial charge in [0.2, 0.25) is 0 Å². The maximum absolute atomic E-state index is 13.3. The van der Waals surface area contributed by atoms with Crippen molar-refractivity contribution < 1.29 is 4.39 Å². The van der Waals surface area contributed by atoms with Crippen molar-refractivity contribution >= 4 is 15.9 Å². The summed E-state index contributed by atoms with van der Waals surface area (Å²) >= 11 is 3.73. The van der Waals surface area contributed by atoms with Crippen LogP contribution in [0.5, 0.6) is 0 Å². The molecular formula is C15H16BrFN4. The fraction of sp³-hybridized carbons (Fsp3) is 0.467. The Hall–Kier alpha value is -1.27. The molecule has 1 fully saturated rings. The van der Waals surface area contributed by atoms with Crippen LogP contribution in [0.25, 0.3) is 5.82 Å². The van der Waals surface area contributed by atoms with Gasteiger partial charge in [-0.3, -0.25) is 0 Å². The Kier molecular flexibility index (Phi) is 3.30. The van der Waals surface area contributed by atoms with E-state index in [1.807, 2.05) is 4.68 Å². The highest BCUT2D eigenvalue weighted by Crippen LogP contribution is 2.36. The molecule has 2 aliphatic rings. The maximum atomic E-state index is 13.3. The number of pyridine rings is 1. The van der Waals surface area contributed by atoms with E-state index in [1.54, 1.807) is 6.07 Å². The van der Waals surface area contributed by atoms with E-state index in [9.17, 15) is 4.39 Å². The molecule has 4 nitrogen and oxygen atoms in total. The van der Waals surface area contributed by atoms with Gasteiger partial charge >= 0.3 is 0 Å². The van der Waals surface area contributed by atoms with Crippen LogP contribution in [0.15, 0.2) is 16.7 Å². The number of nitrogens with one attached hydrogen (secondary N) is 1. The maximum Gasteiger partial charge on any atom is 0.157 e. The Balaban J connectivity index is 1.80. The monoisotopic (exact) mass is 350 g/mol. The van der Waals surface area contributed by atoms with Gasteiger partial charge < -0.3 is 5.32 Å². The lowest BCUT2D eigenvalue weighted by atomic mass is 9.94. The molecule has 110 valence electrons. The Morgan fingerprint density at radius 1 is 1.29 bits per heavy atom. The molecule has 4 heterocycles. The summed E-state index contributed by atoms with van der Waals surface area (Å²) in [4.78, 5) is 4.25. The summed E-state index contributed by atoms with van der Waals surface area (Å²) in [7, 11) is 0. The molecule has 1 N–H and O–H groups in total. The summed E-state index contributed by atoms with van der Waals surface area (Å²) in [5.41, 5.74) is 3.23. The van der Waals surface area contributed by atoms with E-state index in [1.165, 1.54) is 6.20 Å². The van der Waals surface area contributed by atoms with Crippen molar-refractivity contribution in [2.45, 2.75) is 31.6 Å². The van der Waals surface area contributed by atoms with Gasteiger partial charge in [-0.1, -0.05) is 0 Å². The number of hydrogen-bond acceptors (Lipinski definition) is 3. The zero-order chi connectivity index (χ0) is 14.4. The van der Waals surface area contributed by atoms with Crippen LogP contribution in [-0.2, 0) is 12.8 Å². The first-order chi connectivity index (χ1) is 10.2. The second-order valence-electron chi connectivity index (χ2n) is 5.72. The van der Waals surface area contributed by atoms with Crippen molar-refractivity contribution in [3.63, 3.8) is 0 Å². The molecule has 0 aliphatic carbocycles. The van der Waals surface area contributed by atoms with Crippen LogP contribution in [0.3, 0.4) is 0 Å². The Bertz CT molecular complexity index is 691. The lowest BCUT2D eigenvalue weighted by Crippen LogP contribution is -2.27. The lowest BCUT2D eigenvalue weighted by molar-refractivity contribution is 0.450. The standard InChI is InChI=1S/C15H16BrFN4/c16-13-12-2-1-10-7-11(17)8-19-15(10)21(12)20-14(13)9-3-5-18-6-4-9/h7-9,18H,1-6H2. The number of rotatable bonds is 1.